The van der Waals surface area contributed by atoms with Gasteiger partial charge in [0.05, 0.1) is 7.11 Å². The number of para-hydroxylation sites is 2. The molecule has 4 heteroatoms. The lowest BCUT2D eigenvalue weighted by Gasteiger charge is -2.27. The Kier molecular flexibility index (Phi) is 5.77. The van der Waals surface area contributed by atoms with Crippen molar-refractivity contribution in [3.63, 3.8) is 0 Å². The molecule has 0 unspecified atom stereocenters. The molecular weight excluding hydrogens is 338 g/mol. The number of methoxy groups -OCH3 is 1. The van der Waals surface area contributed by atoms with Crippen LogP contribution in [0.4, 0.5) is 17.1 Å². The summed E-state index contributed by atoms with van der Waals surface area (Å²) in [5, 5.41) is 0. The predicted molar refractivity (Wildman–Crippen MR) is 108 cm³/mol. The van der Waals surface area contributed by atoms with E-state index in [1.165, 1.54) is 7.11 Å². The van der Waals surface area contributed by atoms with E-state index in [2.05, 4.69) is 46.0 Å². The third-order valence-corrected chi connectivity index (χ3v) is 4.29. The van der Waals surface area contributed by atoms with Crippen LogP contribution >= 0.6 is 0 Å². The number of hydrogen-bond donors (Lipinski definition) is 0. The molecule has 0 heterocycles. The highest BCUT2D eigenvalue weighted by Crippen LogP contribution is 2.37. The molecule has 0 amide bonds. The highest BCUT2D eigenvalue weighted by molar-refractivity contribution is 5.78. The zero-order valence-electron chi connectivity index (χ0n) is 15.8. The minimum atomic E-state index is -0.395. The molecule has 0 spiro atoms. The maximum Gasteiger partial charge on any atom is 0.343 e. The summed E-state index contributed by atoms with van der Waals surface area (Å²) in [7, 11) is 1.35. The lowest BCUT2D eigenvalue weighted by Crippen LogP contribution is -2.14. The van der Waals surface area contributed by atoms with E-state index in [4.69, 9.17) is 4.74 Å². The fraction of sp³-hybridized carbons (Fsp3) is 0.174. The van der Waals surface area contributed by atoms with Crippen LogP contribution in [0.15, 0.2) is 72.8 Å². The van der Waals surface area contributed by atoms with Gasteiger partial charge in [-0.3, -0.25) is 0 Å². The van der Waals surface area contributed by atoms with Gasteiger partial charge in [-0.05, 0) is 61.4 Å². The molecule has 4 nitrogen and oxygen atoms in total. The summed E-state index contributed by atoms with van der Waals surface area (Å²) in [6, 6.07) is 24.6. The fourth-order valence-corrected chi connectivity index (χ4v) is 3.08. The summed E-state index contributed by atoms with van der Waals surface area (Å²) in [5.41, 5.74) is 5.11. The largest absolute Gasteiger partial charge is 0.481 e. The van der Waals surface area contributed by atoms with Crippen LogP contribution in [0, 0.1) is 13.8 Å². The van der Waals surface area contributed by atoms with Crippen molar-refractivity contribution in [3.8, 4) is 5.75 Å². The van der Waals surface area contributed by atoms with Gasteiger partial charge < -0.3 is 14.4 Å². The molecule has 0 aliphatic heterocycles. The Labute approximate surface area is 160 Å². The molecule has 3 aromatic rings. The standard InChI is InChI=1S/C23H23NO3/c1-17-14-21(15-18(2)23(17)27-16-22(25)26-3)24(19-10-6-4-7-11-19)20-12-8-5-9-13-20/h4-15H,16H2,1-3H3. The summed E-state index contributed by atoms with van der Waals surface area (Å²) in [6.07, 6.45) is 0. The number of nitrogens with zero attached hydrogens (tertiary/aromatic N) is 1. The van der Waals surface area contributed by atoms with Crippen molar-refractivity contribution in [2.75, 3.05) is 18.6 Å². The SMILES string of the molecule is COC(=O)COc1c(C)cc(N(c2ccccc2)c2ccccc2)cc1C. The van der Waals surface area contributed by atoms with E-state index in [-0.39, 0.29) is 6.61 Å². The quantitative estimate of drug-likeness (QED) is 0.557. The molecule has 3 aromatic carbocycles. The first kappa shape index (κ1) is 18.5. The maximum atomic E-state index is 11.4. The Morgan fingerprint density at radius 1 is 0.815 bits per heavy atom. The Balaban J connectivity index is 2.02. The van der Waals surface area contributed by atoms with Crippen LogP contribution in [0.1, 0.15) is 11.1 Å². The smallest absolute Gasteiger partial charge is 0.343 e. The maximum absolute atomic E-state index is 11.4. The zero-order chi connectivity index (χ0) is 19.2. The van der Waals surface area contributed by atoms with Crippen LogP contribution in [0.3, 0.4) is 0 Å². The number of carbonyl (C=O) groups excluding carboxylic acids is 1. The van der Waals surface area contributed by atoms with Crippen molar-refractivity contribution in [2.24, 2.45) is 0 Å². The van der Waals surface area contributed by atoms with E-state index in [0.29, 0.717) is 5.75 Å². The molecular formula is C23H23NO3. The van der Waals surface area contributed by atoms with Crippen molar-refractivity contribution in [2.45, 2.75) is 13.8 Å². The van der Waals surface area contributed by atoms with Crippen molar-refractivity contribution in [1.29, 1.82) is 0 Å². The normalized spacial score (nSPS) is 10.3. The van der Waals surface area contributed by atoms with Crippen molar-refractivity contribution >= 4 is 23.0 Å². The number of hydrogen-bond acceptors (Lipinski definition) is 4. The second kappa shape index (κ2) is 8.41. The molecule has 0 bridgehead atoms. The first-order chi connectivity index (χ1) is 13.1. The Hall–Kier alpha value is -3.27. The van der Waals surface area contributed by atoms with Crippen LogP contribution < -0.4 is 9.64 Å². The van der Waals surface area contributed by atoms with Gasteiger partial charge >= 0.3 is 5.97 Å². The Morgan fingerprint density at radius 2 is 1.30 bits per heavy atom. The summed E-state index contributed by atoms with van der Waals surface area (Å²) in [6.45, 7) is 3.87. The number of benzene rings is 3. The molecule has 0 saturated heterocycles. The molecule has 0 saturated carbocycles. The van der Waals surface area contributed by atoms with E-state index >= 15 is 0 Å². The van der Waals surface area contributed by atoms with Gasteiger partial charge in [-0.1, -0.05) is 36.4 Å². The summed E-state index contributed by atoms with van der Waals surface area (Å²) < 4.78 is 10.3. The van der Waals surface area contributed by atoms with Gasteiger partial charge in [0.2, 0.25) is 0 Å². The Morgan fingerprint density at radius 3 is 1.74 bits per heavy atom. The predicted octanol–water partition coefficient (Wildman–Crippen LogP) is 5.33. The van der Waals surface area contributed by atoms with E-state index < -0.39 is 5.97 Å². The van der Waals surface area contributed by atoms with Crippen LogP contribution in [0.2, 0.25) is 0 Å². The van der Waals surface area contributed by atoms with Gasteiger partial charge in [-0.25, -0.2) is 4.79 Å². The first-order valence-corrected chi connectivity index (χ1v) is 8.81. The Bertz CT molecular complexity index is 845. The molecule has 0 aliphatic carbocycles. The number of esters is 1. The zero-order valence-corrected chi connectivity index (χ0v) is 15.8. The van der Waals surface area contributed by atoms with Crippen molar-refractivity contribution in [1.82, 2.24) is 0 Å². The van der Waals surface area contributed by atoms with Crippen LogP contribution in [0.25, 0.3) is 0 Å². The van der Waals surface area contributed by atoms with Crippen LogP contribution in [-0.4, -0.2) is 19.7 Å². The topological polar surface area (TPSA) is 38.8 Å². The van der Waals surface area contributed by atoms with Crippen molar-refractivity contribution in [3.05, 3.63) is 83.9 Å². The molecule has 0 aliphatic rings. The van der Waals surface area contributed by atoms with Gasteiger partial charge in [0.1, 0.15) is 5.75 Å². The third kappa shape index (κ3) is 4.29. The number of ether oxygens (including phenoxy) is 2. The molecule has 0 atom stereocenters. The average Bonchev–Trinajstić information content (AvgIpc) is 2.69. The number of aryl methyl sites for hydroxylation is 2. The number of rotatable bonds is 6. The highest BCUT2D eigenvalue weighted by atomic mass is 16.6. The number of carbonyl (C=O) groups is 1. The second-order valence-electron chi connectivity index (χ2n) is 6.28. The van der Waals surface area contributed by atoms with Crippen LogP contribution in [0.5, 0.6) is 5.75 Å². The van der Waals surface area contributed by atoms with Gasteiger partial charge in [0.25, 0.3) is 0 Å². The monoisotopic (exact) mass is 361 g/mol. The van der Waals surface area contributed by atoms with E-state index in [1.807, 2.05) is 50.2 Å². The van der Waals surface area contributed by atoms with Crippen LogP contribution in [-0.2, 0) is 9.53 Å². The molecule has 0 radical (unpaired) electrons. The van der Waals surface area contributed by atoms with Gasteiger partial charge in [0.15, 0.2) is 6.61 Å². The lowest BCUT2D eigenvalue weighted by molar-refractivity contribution is -0.142. The van der Waals surface area contributed by atoms with Gasteiger partial charge in [-0.2, -0.15) is 0 Å². The summed E-state index contributed by atoms with van der Waals surface area (Å²) in [4.78, 5) is 13.6. The van der Waals surface area contributed by atoms with E-state index in [9.17, 15) is 4.79 Å². The lowest BCUT2D eigenvalue weighted by atomic mass is 10.1. The first-order valence-electron chi connectivity index (χ1n) is 8.81. The van der Waals surface area contributed by atoms with E-state index in [0.717, 1.165) is 28.2 Å². The minimum Gasteiger partial charge on any atom is -0.481 e. The number of anilines is 3. The average molecular weight is 361 g/mol. The molecule has 0 aromatic heterocycles. The fourth-order valence-electron chi connectivity index (χ4n) is 3.08. The molecule has 0 N–H and O–H groups in total. The molecule has 138 valence electrons. The molecule has 27 heavy (non-hydrogen) atoms. The third-order valence-electron chi connectivity index (χ3n) is 4.29. The van der Waals surface area contributed by atoms with E-state index in [1.54, 1.807) is 0 Å². The minimum absolute atomic E-state index is 0.0986. The van der Waals surface area contributed by atoms with Gasteiger partial charge in [-0.15, -0.1) is 0 Å². The highest BCUT2D eigenvalue weighted by Gasteiger charge is 2.16. The second-order valence-corrected chi connectivity index (χ2v) is 6.28. The van der Waals surface area contributed by atoms with Gasteiger partial charge in [0, 0.05) is 17.1 Å². The van der Waals surface area contributed by atoms with Crippen molar-refractivity contribution < 1.29 is 14.3 Å². The summed E-state index contributed by atoms with van der Waals surface area (Å²) >= 11 is 0. The molecule has 0 fully saturated rings. The molecule has 3 rings (SSSR count). The summed E-state index contributed by atoms with van der Waals surface area (Å²) in [5.74, 6) is 0.318.